The summed E-state index contributed by atoms with van der Waals surface area (Å²) in [7, 11) is 0. The Kier molecular flexibility index (Phi) is 3.66. The molecule has 2 atom stereocenters. The van der Waals surface area contributed by atoms with E-state index < -0.39 is 11.9 Å². The van der Waals surface area contributed by atoms with Gasteiger partial charge in [-0.05, 0) is 31.7 Å². The van der Waals surface area contributed by atoms with Crippen LogP contribution in [0.1, 0.15) is 26.2 Å². The number of carboxylic acid groups (broad SMARTS) is 1. The van der Waals surface area contributed by atoms with Crippen LogP contribution in [0.3, 0.4) is 0 Å². The highest BCUT2D eigenvalue weighted by Crippen LogP contribution is 2.28. The van der Waals surface area contributed by atoms with Crippen molar-refractivity contribution in [2.24, 2.45) is 11.8 Å². The Bertz CT molecular complexity index is 293. The van der Waals surface area contributed by atoms with Crippen molar-refractivity contribution in [2.75, 3.05) is 19.6 Å². The van der Waals surface area contributed by atoms with Gasteiger partial charge in [0.05, 0.1) is 5.92 Å². The zero-order valence-electron chi connectivity index (χ0n) is 10.2. The van der Waals surface area contributed by atoms with Gasteiger partial charge in [0.1, 0.15) is 0 Å². The second-order valence-corrected chi connectivity index (χ2v) is 5.24. The van der Waals surface area contributed by atoms with Gasteiger partial charge in [-0.1, -0.05) is 0 Å². The number of piperidine rings is 1. The van der Waals surface area contributed by atoms with Gasteiger partial charge in [-0.3, -0.25) is 9.59 Å². The lowest BCUT2D eigenvalue weighted by Crippen LogP contribution is -2.52. The highest BCUT2D eigenvalue weighted by atomic mass is 16.4. The van der Waals surface area contributed by atoms with Gasteiger partial charge in [0, 0.05) is 26.1 Å². The standard InChI is InChI=1S/C12H20N2O3/c1-8(15)14-6-10(12(16)17)4-11(7-14)13-5-9-2-3-9/h9-11,13H,2-7H2,1H3,(H,16,17). The van der Waals surface area contributed by atoms with Gasteiger partial charge in [-0.2, -0.15) is 0 Å². The number of nitrogens with zero attached hydrogens (tertiary/aromatic N) is 1. The summed E-state index contributed by atoms with van der Waals surface area (Å²) >= 11 is 0. The molecule has 96 valence electrons. The predicted octanol–water partition coefficient (Wildman–Crippen LogP) is 0.308. The Morgan fingerprint density at radius 3 is 2.59 bits per heavy atom. The Morgan fingerprint density at radius 2 is 2.06 bits per heavy atom. The molecule has 0 aromatic carbocycles. The van der Waals surface area contributed by atoms with E-state index in [4.69, 9.17) is 5.11 Å². The van der Waals surface area contributed by atoms with Crippen LogP contribution in [0.5, 0.6) is 0 Å². The van der Waals surface area contributed by atoms with Crippen LogP contribution in [0.4, 0.5) is 0 Å². The van der Waals surface area contributed by atoms with Crippen LogP contribution in [0.25, 0.3) is 0 Å². The number of hydrogen-bond donors (Lipinski definition) is 2. The molecule has 1 amide bonds. The minimum Gasteiger partial charge on any atom is -0.481 e. The van der Waals surface area contributed by atoms with E-state index in [2.05, 4.69) is 5.32 Å². The monoisotopic (exact) mass is 240 g/mol. The van der Waals surface area contributed by atoms with Crippen LogP contribution in [0, 0.1) is 11.8 Å². The number of aliphatic carboxylic acids is 1. The summed E-state index contributed by atoms with van der Waals surface area (Å²) in [6, 6.07) is 0.134. The first kappa shape index (κ1) is 12.4. The third kappa shape index (κ3) is 3.43. The van der Waals surface area contributed by atoms with E-state index in [9.17, 15) is 9.59 Å². The zero-order valence-corrected chi connectivity index (χ0v) is 10.2. The van der Waals surface area contributed by atoms with E-state index in [1.807, 2.05) is 0 Å². The third-order valence-corrected chi connectivity index (χ3v) is 3.64. The molecule has 0 spiro atoms. The van der Waals surface area contributed by atoms with Crippen LogP contribution in [0.15, 0.2) is 0 Å². The maximum Gasteiger partial charge on any atom is 0.308 e. The second-order valence-electron chi connectivity index (χ2n) is 5.24. The molecule has 1 saturated carbocycles. The number of amides is 1. The zero-order chi connectivity index (χ0) is 12.4. The maximum atomic E-state index is 11.4. The van der Waals surface area contributed by atoms with Gasteiger partial charge in [0.2, 0.25) is 5.91 Å². The molecule has 2 N–H and O–H groups in total. The van der Waals surface area contributed by atoms with Gasteiger partial charge >= 0.3 is 5.97 Å². The number of hydrogen-bond acceptors (Lipinski definition) is 3. The van der Waals surface area contributed by atoms with Crippen LogP contribution in [-0.2, 0) is 9.59 Å². The lowest BCUT2D eigenvalue weighted by atomic mass is 9.94. The molecular weight excluding hydrogens is 220 g/mol. The summed E-state index contributed by atoms with van der Waals surface area (Å²) in [5.41, 5.74) is 0. The molecule has 5 nitrogen and oxygen atoms in total. The highest BCUT2D eigenvalue weighted by molar-refractivity contribution is 5.76. The van der Waals surface area contributed by atoms with Crippen molar-refractivity contribution in [3.8, 4) is 0 Å². The fraction of sp³-hybridized carbons (Fsp3) is 0.833. The smallest absolute Gasteiger partial charge is 0.308 e. The Hall–Kier alpha value is -1.10. The molecule has 17 heavy (non-hydrogen) atoms. The fourth-order valence-electron chi connectivity index (χ4n) is 2.34. The van der Waals surface area contributed by atoms with Crippen molar-refractivity contribution in [1.29, 1.82) is 0 Å². The van der Waals surface area contributed by atoms with Crippen molar-refractivity contribution >= 4 is 11.9 Å². The number of nitrogens with one attached hydrogen (secondary N) is 1. The Balaban J connectivity index is 1.89. The molecule has 1 saturated heterocycles. The van der Waals surface area contributed by atoms with Crippen molar-refractivity contribution in [3.63, 3.8) is 0 Å². The van der Waals surface area contributed by atoms with Gasteiger partial charge < -0.3 is 15.3 Å². The molecule has 2 unspecified atom stereocenters. The predicted molar refractivity (Wildman–Crippen MR) is 62.5 cm³/mol. The van der Waals surface area contributed by atoms with E-state index in [1.54, 1.807) is 4.90 Å². The van der Waals surface area contributed by atoms with Crippen LogP contribution in [-0.4, -0.2) is 47.6 Å². The minimum atomic E-state index is -0.797. The molecule has 0 aromatic rings. The number of rotatable bonds is 4. The molecule has 1 aliphatic heterocycles. The lowest BCUT2D eigenvalue weighted by molar-refractivity contribution is -0.145. The second kappa shape index (κ2) is 5.04. The summed E-state index contributed by atoms with van der Waals surface area (Å²) in [6.45, 7) is 3.46. The van der Waals surface area contributed by atoms with Crippen LogP contribution in [0.2, 0.25) is 0 Å². The molecule has 5 heteroatoms. The van der Waals surface area contributed by atoms with E-state index in [-0.39, 0.29) is 11.9 Å². The van der Waals surface area contributed by atoms with E-state index in [0.29, 0.717) is 19.5 Å². The van der Waals surface area contributed by atoms with E-state index >= 15 is 0 Å². The average molecular weight is 240 g/mol. The van der Waals surface area contributed by atoms with Gasteiger partial charge in [-0.15, -0.1) is 0 Å². The first-order valence-corrected chi connectivity index (χ1v) is 6.28. The molecule has 0 radical (unpaired) electrons. The SMILES string of the molecule is CC(=O)N1CC(NCC2CC2)CC(C(=O)O)C1. The first-order chi connectivity index (χ1) is 8.06. The first-order valence-electron chi connectivity index (χ1n) is 6.28. The molecule has 2 aliphatic rings. The number of carbonyl (C=O) groups is 2. The molecule has 2 rings (SSSR count). The van der Waals surface area contributed by atoms with Crippen LogP contribution >= 0.6 is 0 Å². The molecule has 1 aliphatic carbocycles. The molecule has 0 aromatic heterocycles. The molecule has 1 heterocycles. The largest absolute Gasteiger partial charge is 0.481 e. The molecule has 2 fully saturated rings. The number of carboxylic acids is 1. The minimum absolute atomic E-state index is 0.0332. The van der Waals surface area contributed by atoms with Crippen LogP contribution < -0.4 is 5.32 Å². The van der Waals surface area contributed by atoms with Gasteiger partial charge in [0.25, 0.3) is 0 Å². The van der Waals surface area contributed by atoms with E-state index in [0.717, 1.165) is 12.5 Å². The summed E-state index contributed by atoms with van der Waals surface area (Å²) in [5.74, 6) is -0.487. The fourth-order valence-corrected chi connectivity index (χ4v) is 2.34. The normalized spacial score (nSPS) is 29.1. The maximum absolute atomic E-state index is 11.4. The van der Waals surface area contributed by atoms with Crippen molar-refractivity contribution < 1.29 is 14.7 Å². The topological polar surface area (TPSA) is 69.6 Å². The van der Waals surface area contributed by atoms with Gasteiger partial charge in [-0.25, -0.2) is 0 Å². The third-order valence-electron chi connectivity index (χ3n) is 3.64. The quantitative estimate of drug-likeness (QED) is 0.742. The molecule has 0 bridgehead atoms. The highest BCUT2D eigenvalue weighted by Gasteiger charge is 2.33. The van der Waals surface area contributed by atoms with E-state index in [1.165, 1.54) is 19.8 Å². The summed E-state index contributed by atoms with van der Waals surface area (Å²) in [5, 5.41) is 12.5. The Labute approximate surface area is 101 Å². The summed E-state index contributed by atoms with van der Waals surface area (Å²) < 4.78 is 0. The molecular formula is C12H20N2O3. The summed E-state index contributed by atoms with van der Waals surface area (Å²) in [4.78, 5) is 24.1. The summed E-state index contributed by atoms with van der Waals surface area (Å²) in [6.07, 6.45) is 3.18. The van der Waals surface area contributed by atoms with Gasteiger partial charge in [0.15, 0.2) is 0 Å². The number of likely N-dealkylation sites (tertiary alicyclic amines) is 1. The number of carbonyl (C=O) groups excluding carboxylic acids is 1. The Morgan fingerprint density at radius 1 is 1.35 bits per heavy atom. The van der Waals surface area contributed by atoms with Crippen molar-refractivity contribution in [1.82, 2.24) is 10.2 Å². The van der Waals surface area contributed by atoms with Crippen molar-refractivity contribution in [2.45, 2.75) is 32.2 Å². The van der Waals surface area contributed by atoms with Crippen molar-refractivity contribution in [3.05, 3.63) is 0 Å². The average Bonchev–Trinajstić information content (AvgIpc) is 3.09. The lowest BCUT2D eigenvalue weighted by Gasteiger charge is -2.36.